The standard InChI is InChI=1S/C20H22N4O2/c1-23-13-21-22-19(23)16-8-5-9-24(12-16)20(25)17-10-14-6-3-4-7-15(14)11-18(17)26-2/h3-4,6-7,10-11,13,16H,5,8-9,12H2,1-2H3/t16-/m0/s1. The van der Waals surface area contributed by atoms with Crippen LogP contribution in [-0.2, 0) is 7.05 Å². The molecule has 2 aromatic carbocycles. The van der Waals surface area contributed by atoms with E-state index in [9.17, 15) is 4.79 Å². The highest BCUT2D eigenvalue weighted by atomic mass is 16.5. The van der Waals surface area contributed by atoms with Crippen molar-refractivity contribution in [3.8, 4) is 5.75 Å². The van der Waals surface area contributed by atoms with Crippen molar-refractivity contribution < 1.29 is 9.53 Å². The first-order valence-corrected chi connectivity index (χ1v) is 8.87. The maximum Gasteiger partial charge on any atom is 0.257 e. The normalized spacial score (nSPS) is 17.5. The van der Waals surface area contributed by atoms with Crippen LogP contribution in [0.25, 0.3) is 10.8 Å². The highest BCUT2D eigenvalue weighted by Gasteiger charge is 2.29. The summed E-state index contributed by atoms with van der Waals surface area (Å²) < 4.78 is 7.45. The molecule has 1 aliphatic heterocycles. The minimum Gasteiger partial charge on any atom is -0.496 e. The lowest BCUT2D eigenvalue weighted by Crippen LogP contribution is -2.39. The number of nitrogens with zero attached hydrogens (tertiary/aromatic N) is 4. The van der Waals surface area contributed by atoms with Gasteiger partial charge in [0.15, 0.2) is 0 Å². The number of piperidine rings is 1. The Morgan fingerprint density at radius 2 is 2.00 bits per heavy atom. The molecule has 1 aromatic heterocycles. The quantitative estimate of drug-likeness (QED) is 0.729. The van der Waals surface area contributed by atoms with Gasteiger partial charge in [0, 0.05) is 26.1 Å². The van der Waals surface area contributed by atoms with Crippen LogP contribution in [0, 0.1) is 0 Å². The molecule has 6 heteroatoms. The predicted octanol–water partition coefficient (Wildman–Crippen LogP) is 3.00. The number of ether oxygens (including phenoxy) is 1. The molecule has 0 N–H and O–H groups in total. The van der Waals surface area contributed by atoms with Crippen LogP contribution in [0.4, 0.5) is 0 Å². The van der Waals surface area contributed by atoms with Crippen LogP contribution >= 0.6 is 0 Å². The summed E-state index contributed by atoms with van der Waals surface area (Å²) >= 11 is 0. The zero-order valence-electron chi connectivity index (χ0n) is 15.1. The van der Waals surface area contributed by atoms with Crippen molar-refractivity contribution in [2.45, 2.75) is 18.8 Å². The Balaban J connectivity index is 1.64. The predicted molar refractivity (Wildman–Crippen MR) is 99.4 cm³/mol. The molecule has 3 aromatic rings. The summed E-state index contributed by atoms with van der Waals surface area (Å²) in [5, 5.41) is 10.3. The van der Waals surface area contributed by atoms with Gasteiger partial charge in [-0.3, -0.25) is 4.79 Å². The molecule has 1 fully saturated rings. The van der Waals surface area contributed by atoms with E-state index in [-0.39, 0.29) is 11.8 Å². The highest BCUT2D eigenvalue weighted by Crippen LogP contribution is 2.30. The van der Waals surface area contributed by atoms with Gasteiger partial charge in [0.05, 0.1) is 12.7 Å². The van der Waals surface area contributed by atoms with Crippen LogP contribution < -0.4 is 4.74 Å². The average Bonchev–Trinajstić information content (AvgIpc) is 3.12. The second kappa shape index (κ2) is 6.78. The van der Waals surface area contributed by atoms with E-state index in [0.717, 1.165) is 36.0 Å². The van der Waals surface area contributed by atoms with E-state index in [1.54, 1.807) is 13.4 Å². The van der Waals surface area contributed by atoms with Crippen LogP contribution in [0.1, 0.15) is 34.9 Å². The van der Waals surface area contributed by atoms with Gasteiger partial charge in [0.25, 0.3) is 5.91 Å². The van der Waals surface area contributed by atoms with Gasteiger partial charge < -0.3 is 14.2 Å². The number of benzene rings is 2. The lowest BCUT2D eigenvalue weighted by molar-refractivity contribution is 0.0700. The zero-order chi connectivity index (χ0) is 18.1. The Morgan fingerprint density at radius 1 is 1.23 bits per heavy atom. The molecule has 4 rings (SSSR count). The van der Waals surface area contributed by atoms with Gasteiger partial charge in [-0.1, -0.05) is 24.3 Å². The number of hydrogen-bond acceptors (Lipinski definition) is 4. The first kappa shape index (κ1) is 16.6. The summed E-state index contributed by atoms with van der Waals surface area (Å²) in [6.07, 6.45) is 3.69. The van der Waals surface area contributed by atoms with Gasteiger partial charge in [0.1, 0.15) is 17.9 Å². The van der Waals surface area contributed by atoms with Crippen molar-refractivity contribution in [3.05, 3.63) is 54.1 Å². The summed E-state index contributed by atoms with van der Waals surface area (Å²) in [5.41, 5.74) is 0.616. The van der Waals surface area contributed by atoms with Gasteiger partial charge in [0.2, 0.25) is 0 Å². The first-order valence-electron chi connectivity index (χ1n) is 8.87. The molecule has 26 heavy (non-hydrogen) atoms. The maximum absolute atomic E-state index is 13.2. The second-order valence-corrected chi connectivity index (χ2v) is 6.79. The molecule has 2 heterocycles. The zero-order valence-corrected chi connectivity index (χ0v) is 15.1. The number of rotatable bonds is 3. The van der Waals surface area contributed by atoms with E-state index in [1.165, 1.54) is 0 Å². The van der Waals surface area contributed by atoms with E-state index in [0.29, 0.717) is 17.9 Å². The molecule has 134 valence electrons. The lowest BCUT2D eigenvalue weighted by atomic mass is 9.96. The van der Waals surface area contributed by atoms with E-state index in [4.69, 9.17) is 4.74 Å². The number of likely N-dealkylation sites (tertiary alicyclic amines) is 1. The van der Waals surface area contributed by atoms with Gasteiger partial charge in [-0.25, -0.2) is 0 Å². The third-order valence-electron chi connectivity index (χ3n) is 5.12. The summed E-state index contributed by atoms with van der Waals surface area (Å²) in [6, 6.07) is 11.9. The van der Waals surface area contributed by atoms with Gasteiger partial charge in [-0.05, 0) is 35.7 Å². The third kappa shape index (κ3) is 2.92. The number of carbonyl (C=O) groups excluding carboxylic acids is 1. The topological polar surface area (TPSA) is 60.2 Å². The number of methoxy groups -OCH3 is 1. The van der Waals surface area contributed by atoms with Crippen molar-refractivity contribution >= 4 is 16.7 Å². The summed E-state index contributed by atoms with van der Waals surface area (Å²) in [4.78, 5) is 15.1. The molecular weight excluding hydrogens is 328 g/mol. The molecule has 1 amide bonds. The Bertz CT molecular complexity index is 950. The molecule has 0 radical (unpaired) electrons. The number of amides is 1. The van der Waals surface area contributed by atoms with Crippen molar-refractivity contribution in [1.82, 2.24) is 19.7 Å². The lowest BCUT2D eigenvalue weighted by Gasteiger charge is -2.32. The van der Waals surface area contributed by atoms with Crippen molar-refractivity contribution in [1.29, 1.82) is 0 Å². The molecule has 0 aliphatic carbocycles. The SMILES string of the molecule is COc1cc2ccccc2cc1C(=O)N1CCC[C@H](c2nncn2C)C1. The minimum atomic E-state index is 0.0134. The summed E-state index contributed by atoms with van der Waals surface area (Å²) in [7, 11) is 3.56. The third-order valence-corrected chi connectivity index (χ3v) is 5.12. The molecule has 0 unspecified atom stereocenters. The molecule has 1 atom stereocenters. The monoisotopic (exact) mass is 350 g/mol. The second-order valence-electron chi connectivity index (χ2n) is 6.79. The molecule has 0 spiro atoms. The molecular formula is C20H22N4O2. The van der Waals surface area contributed by atoms with Gasteiger partial charge >= 0.3 is 0 Å². The fraction of sp³-hybridized carbons (Fsp3) is 0.350. The maximum atomic E-state index is 13.2. The molecule has 6 nitrogen and oxygen atoms in total. The molecule has 1 saturated heterocycles. The smallest absolute Gasteiger partial charge is 0.257 e. The number of aryl methyl sites for hydroxylation is 1. The number of hydrogen-bond donors (Lipinski definition) is 0. The van der Waals surface area contributed by atoms with Gasteiger partial charge in [-0.2, -0.15) is 0 Å². The van der Waals surface area contributed by atoms with E-state index >= 15 is 0 Å². The highest BCUT2D eigenvalue weighted by molar-refractivity contribution is 6.01. The van der Waals surface area contributed by atoms with Crippen molar-refractivity contribution in [2.75, 3.05) is 20.2 Å². The first-order chi connectivity index (χ1) is 12.7. The Morgan fingerprint density at radius 3 is 2.69 bits per heavy atom. The van der Waals surface area contributed by atoms with Crippen LogP contribution in [0.5, 0.6) is 5.75 Å². The number of carbonyl (C=O) groups is 1. The van der Waals surface area contributed by atoms with Crippen molar-refractivity contribution in [3.63, 3.8) is 0 Å². The van der Waals surface area contributed by atoms with Crippen LogP contribution in [0.15, 0.2) is 42.7 Å². The van der Waals surface area contributed by atoms with Crippen LogP contribution in [0.3, 0.4) is 0 Å². The number of fused-ring (bicyclic) bond motifs is 1. The molecule has 0 bridgehead atoms. The van der Waals surface area contributed by atoms with Crippen LogP contribution in [0.2, 0.25) is 0 Å². The Labute approximate surface area is 152 Å². The Hall–Kier alpha value is -2.89. The minimum absolute atomic E-state index is 0.0134. The van der Waals surface area contributed by atoms with Gasteiger partial charge in [-0.15, -0.1) is 10.2 Å². The summed E-state index contributed by atoms with van der Waals surface area (Å²) in [6.45, 7) is 1.41. The largest absolute Gasteiger partial charge is 0.496 e. The van der Waals surface area contributed by atoms with E-state index in [2.05, 4.69) is 10.2 Å². The number of aromatic nitrogens is 3. The fourth-order valence-electron chi connectivity index (χ4n) is 3.76. The Kier molecular flexibility index (Phi) is 4.32. The summed E-state index contributed by atoms with van der Waals surface area (Å²) in [5.74, 6) is 1.79. The average molecular weight is 350 g/mol. The molecule has 1 aliphatic rings. The van der Waals surface area contributed by atoms with E-state index in [1.807, 2.05) is 52.9 Å². The fourth-order valence-corrected chi connectivity index (χ4v) is 3.76. The van der Waals surface area contributed by atoms with Crippen molar-refractivity contribution in [2.24, 2.45) is 7.05 Å². The van der Waals surface area contributed by atoms with E-state index < -0.39 is 0 Å². The van der Waals surface area contributed by atoms with Crippen LogP contribution in [-0.4, -0.2) is 45.8 Å². The molecule has 0 saturated carbocycles.